The van der Waals surface area contributed by atoms with E-state index in [1.54, 1.807) is 0 Å². The average molecular weight is 316 g/mol. The Kier molecular flexibility index (Phi) is 4.71. The smallest absolute Gasteiger partial charge is 0.319 e. The lowest BCUT2D eigenvalue weighted by Crippen LogP contribution is -2.30. The second-order valence-electron chi connectivity index (χ2n) is 4.51. The number of ether oxygens (including phenoxy) is 2. The lowest BCUT2D eigenvalue weighted by Gasteiger charge is -2.15. The Labute approximate surface area is 125 Å². The molecule has 1 saturated heterocycles. The van der Waals surface area contributed by atoms with Gasteiger partial charge >= 0.3 is 5.69 Å². The van der Waals surface area contributed by atoms with Crippen LogP contribution in [0.5, 0.6) is 0 Å². The number of carbonyl (C=O) groups excluding carboxylic acids is 1. The first-order valence-corrected chi connectivity index (χ1v) is 6.51. The second kappa shape index (κ2) is 6.33. The molecule has 1 fully saturated rings. The number of nitrogens with zero attached hydrogens (tertiary/aromatic N) is 3. The van der Waals surface area contributed by atoms with E-state index in [-0.39, 0.29) is 22.9 Å². The molecule has 9 heteroatoms. The van der Waals surface area contributed by atoms with Crippen LogP contribution >= 0.6 is 11.6 Å². The Morgan fingerprint density at radius 3 is 2.48 bits per heavy atom. The molecule has 0 N–H and O–H groups in total. The third-order valence-corrected chi connectivity index (χ3v) is 3.68. The molecule has 1 aliphatic heterocycles. The maximum atomic E-state index is 12.5. The molecule has 2 heterocycles. The van der Waals surface area contributed by atoms with Gasteiger partial charge in [0.25, 0.3) is 5.91 Å². The zero-order valence-electron chi connectivity index (χ0n) is 11.5. The van der Waals surface area contributed by atoms with E-state index in [0.717, 1.165) is 0 Å². The SMILES string of the molecule is COC1CN(C(=O)c2ccnc(Cl)c2[N+](=O)[O-])CC1OC. The summed E-state index contributed by atoms with van der Waals surface area (Å²) in [5.41, 5.74) is -0.578. The van der Waals surface area contributed by atoms with Crippen molar-refractivity contribution in [3.05, 3.63) is 33.1 Å². The van der Waals surface area contributed by atoms with E-state index in [2.05, 4.69) is 4.98 Å². The van der Waals surface area contributed by atoms with Crippen LogP contribution in [0.15, 0.2) is 12.3 Å². The highest BCUT2D eigenvalue weighted by Crippen LogP contribution is 2.28. The molecule has 0 bridgehead atoms. The molecule has 0 radical (unpaired) electrons. The number of halogens is 1. The zero-order valence-corrected chi connectivity index (χ0v) is 12.2. The Balaban J connectivity index is 2.30. The summed E-state index contributed by atoms with van der Waals surface area (Å²) < 4.78 is 10.5. The molecular formula is C12H14ClN3O5. The van der Waals surface area contributed by atoms with Crippen molar-refractivity contribution in [3.63, 3.8) is 0 Å². The van der Waals surface area contributed by atoms with Gasteiger partial charge in [-0.3, -0.25) is 14.9 Å². The van der Waals surface area contributed by atoms with Gasteiger partial charge in [0, 0.05) is 33.5 Å². The van der Waals surface area contributed by atoms with Crippen LogP contribution in [0.25, 0.3) is 0 Å². The number of likely N-dealkylation sites (tertiary alicyclic amines) is 1. The van der Waals surface area contributed by atoms with E-state index >= 15 is 0 Å². The minimum atomic E-state index is -0.708. The third kappa shape index (κ3) is 2.97. The van der Waals surface area contributed by atoms with Crippen molar-refractivity contribution in [1.29, 1.82) is 0 Å². The van der Waals surface area contributed by atoms with Crippen molar-refractivity contribution in [3.8, 4) is 0 Å². The predicted octanol–water partition coefficient (Wildman–Crippen LogP) is 1.13. The minimum Gasteiger partial charge on any atom is -0.377 e. The molecule has 8 nitrogen and oxygen atoms in total. The van der Waals surface area contributed by atoms with Gasteiger partial charge in [0.2, 0.25) is 5.15 Å². The number of amides is 1. The van der Waals surface area contributed by atoms with Crippen molar-refractivity contribution in [2.24, 2.45) is 0 Å². The minimum absolute atomic E-state index is 0.0911. The summed E-state index contributed by atoms with van der Waals surface area (Å²) >= 11 is 5.71. The molecule has 0 aromatic carbocycles. The van der Waals surface area contributed by atoms with Gasteiger partial charge in [-0.15, -0.1) is 0 Å². The van der Waals surface area contributed by atoms with Crippen molar-refractivity contribution in [2.75, 3.05) is 27.3 Å². The number of methoxy groups -OCH3 is 2. The number of hydrogen-bond donors (Lipinski definition) is 0. The maximum Gasteiger partial charge on any atom is 0.319 e. The van der Waals surface area contributed by atoms with Crippen LogP contribution in [-0.2, 0) is 9.47 Å². The van der Waals surface area contributed by atoms with Crippen molar-refractivity contribution < 1.29 is 19.2 Å². The predicted molar refractivity (Wildman–Crippen MR) is 73.4 cm³/mol. The van der Waals surface area contributed by atoms with Crippen LogP contribution in [-0.4, -0.2) is 60.2 Å². The summed E-state index contributed by atoms with van der Waals surface area (Å²) in [6.45, 7) is 0.593. The van der Waals surface area contributed by atoms with Crippen LogP contribution in [0.3, 0.4) is 0 Å². The number of carbonyl (C=O) groups is 1. The third-order valence-electron chi connectivity index (χ3n) is 3.40. The van der Waals surface area contributed by atoms with Crippen molar-refractivity contribution in [2.45, 2.75) is 12.2 Å². The standard InChI is InChI=1S/C12H14ClN3O5/c1-20-8-5-15(6-9(8)21-2)12(17)7-3-4-14-11(13)10(7)16(18)19/h3-4,8-9H,5-6H2,1-2H3. The highest BCUT2D eigenvalue weighted by molar-refractivity contribution is 6.32. The van der Waals surface area contributed by atoms with Crippen LogP contribution in [0.1, 0.15) is 10.4 Å². The summed E-state index contributed by atoms with van der Waals surface area (Å²) in [4.78, 5) is 27.9. The van der Waals surface area contributed by atoms with Gasteiger partial charge in [0.05, 0.1) is 4.92 Å². The summed E-state index contributed by atoms with van der Waals surface area (Å²) in [5.74, 6) is -0.493. The molecule has 0 aliphatic carbocycles. The largest absolute Gasteiger partial charge is 0.377 e. The molecule has 0 saturated carbocycles. The summed E-state index contributed by atoms with van der Waals surface area (Å²) in [7, 11) is 3.05. The number of rotatable bonds is 4. The number of aromatic nitrogens is 1. The van der Waals surface area contributed by atoms with Crippen molar-refractivity contribution >= 4 is 23.2 Å². The van der Waals surface area contributed by atoms with Crippen LogP contribution in [0, 0.1) is 10.1 Å². The lowest BCUT2D eigenvalue weighted by atomic mass is 10.2. The van der Waals surface area contributed by atoms with Crippen molar-refractivity contribution in [1.82, 2.24) is 9.88 Å². The van der Waals surface area contributed by atoms with Gasteiger partial charge < -0.3 is 14.4 Å². The average Bonchev–Trinajstić information content (AvgIpc) is 2.89. The normalized spacial score (nSPS) is 21.6. The van der Waals surface area contributed by atoms with Gasteiger partial charge in [-0.1, -0.05) is 11.6 Å². The Hall–Kier alpha value is -1.77. The van der Waals surface area contributed by atoms with E-state index in [4.69, 9.17) is 21.1 Å². The molecule has 114 valence electrons. The fourth-order valence-corrected chi connectivity index (χ4v) is 2.53. The van der Waals surface area contributed by atoms with E-state index in [0.29, 0.717) is 13.1 Å². The second-order valence-corrected chi connectivity index (χ2v) is 4.87. The summed E-state index contributed by atoms with van der Waals surface area (Å²) in [6, 6.07) is 1.29. The molecule has 1 aliphatic rings. The molecule has 1 aromatic heterocycles. The quantitative estimate of drug-likeness (QED) is 0.469. The summed E-state index contributed by atoms with van der Waals surface area (Å²) in [5, 5.41) is 10.8. The van der Waals surface area contributed by atoms with E-state index in [1.807, 2.05) is 0 Å². The fraction of sp³-hybridized carbons (Fsp3) is 0.500. The van der Waals surface area contributed by atoms with Gasteiger partial charge in [-0.25, -0.2) is 4.98 Å². The molecule has 2 unspecified atom stereocenters. The van der Waals surface area contributed by atoms with Gasteiger partial charge in [0.15, 0.2) is 0 Å². The zero-order chi connectivity index (χ0) is 15.6. The fourth-order valence-electron chi connectivity index (χ4n) is 2.31. The monoisotopic (exact) mass is 315 g/mol. The first kappa shape index (κ1) is 15.6. The van der Waals surface area contributed by atoms with E-state index in [1.165, 1.54) is 31.4 Å². The van der Waals surface area contributed by atoms with E-state index < -0.39 is 16.5 Å². The molecule has 21 heavy (non-hydrogen) atoms. The molecule has 2 atom stereocenters. The topological polar surface area (TPSA) is 94.8 Å². The number of pyridine rings is 1. The maximum absolute atomic E-state index is 12.5. The Bertz CT molecular complexity index is 556. The number of nitro groups is 1. The lowest BCUT2D eigenvalue weighted by molar-refractivity contribution is -0.385. The Morgan fingerprint density at radius 1 is 1.43 bits per heavy atom. The molecule has 2 rings (SSSR count). The highest BCUT2D eigenvalue weighted by atomic mass is 35.5. The Morgan fingerprint density at radius 2 is 2.00 bits per heavy atom. The molecular weight excluding hydrogens is 302 g/mol. The molecule has 1 amide bonds. The molecule has 1 aromatic rings. The number of hydrogen-bond acceptors (Lipinski definition) is 6. The van der Waals surface area contributed by atoms with Crippen LogP contribution in [0.2, 0.25) is 5.15 Å². The summed E-state index contributed by atoms with van der Waals surface area (Å²) in [6.07, 6.45) is 0.728. The van der Waals surface area contributed by atoms with Gasteiger partial charge in [0.1, 0.15) is 17.8 Å². The van der Waals surface area contributed by atoms with Crippen LogP contribution < -0.4 is 0 Å². The van der Waals surface area contributed by atoms with Crippen LogP contribution in [0.4, 0.5) is 5.69 Å². The molecule has 0 spiro atoms. The highest BCUT2D eigenvalue weighted by Gasteiger charge is 2.38. The van der Waals surface area contributed by atoms with E-state index in [9.17, 15) is 14.9 Å². The first-order valence-electron chi connectivity index (χ1n) is 6.13. The van der Waals surface area contributed by atoms with Gasteiger partial charge in [-0.05, 0) is 6.07 Å². The first-order chi connectivity index (χ1) is 9.99. The van der Waals surface area contributed by atoms with Gasteiger partial charge in [-0.2, -0.15) is 0 Å².